The van der Waals surface area contributed by atoms with Crippen molar-refractivity contribution in [2.24, 2.45) is 4.99 Å². The van der Waals surface area contributed by atoms with Crippen LogP contribution in [0, 0.1) is 6.92 Å². The quantitative estimate of drug-likeness (QED) is 0.660. The molecule has 6 heteroatoms. The number of benzene rings is 2. The number of nitrogens with zero attached hydrogens (tertiary/aromatic N) is 2. The van der Waals surface area contributed by atoms with Crippen LogP contribution >= 0.6 is 27.7 Å². The van der Waals surface area contributed by atoms with Gasteiger partial charge in [0.2, 0.25) is 0 Å². The molecule has 0 saturated carbocycles. The minimum atomic E-state index is -0.0530. The molecule has 4 nitrogen and oxygen atoms in total. The Morgan fingerprint density at radius 2 is 1.92 bits per heavy atom. The van der Waals surface area contributed by atoms with Gasteiger partial charge in [0, 0.05) is 7.05 Å². The molecule has 3 rings (SSSR count). The number of amidine groups is 1. The van der Waals surface area contributed by atoms with Crippen LogP contribution < -0.4 is 4.74 Å². The van der Waals surface area contributed by atoms with E-state index < -0.39 is 0 Å². The maximum atomic E-state index is 12.5. The van der Waals surface area contributed by atoms with Crippen molar-refractivity contribution in [1.29, 1.82) is 0 Å². The highest BCUT2D eigenvalue weighted by molar-refractivity contribution is 9.10. The fourth-order valence-corrected chi connectivity index (χ4v) is 3.85. The molecule has 1 aliphatic heterocycles. The standard InChI is InChI=1S/C19H17BrN2O2S/c1-12-4-7-14(8-5-12)21-19-22(2)18(23)17(25-19)11-13-6-9-16(24-3)15(20)10-13/h4-11H,1-3H3/b17-11+,21-19?. The molecule has 25 heavy (non-hydrogen) atoms. The van der Waals surface area contributed by atoms with E-state index in [9.17, 15) is 4.79 Å². The SMILES string of the molecule is COc1ccc(/C=C2/SC(=Nc3ccc(C)cc3)N(C)C2=O)cc1Br. The molecule has 1 amide bonds. The molecule has 0 N–H and O–H groups in total. The maximum Gasteiger partial charge on any atom is 0.266 e. The van der Waals surface area contributed by atoms with E-state index in [1.54, 1.807) is 19.1 Å². The number of likely N-dealkylation sites (N-methyl/N-ethyl adjacent to an activating group) is 1. The number of carbonyl (C=O) groups is 1. The first-order chi connectivity index (χ1) is 12.0. The third-order valence-electron chi connectivity index (χ3n) is 3.74. The number of hydrogen-bond acceptors (Lipinski definition) is 4. The zero-order chi connectivity index (χ0) is 18.0. The Morgan fingerprint density at radius 1 is 1.20 bits per heavy atom. The van der Waals surface area contributed by atoms with Crippen molar-refractivity contribution in [3.63, 3.8) is 0 Å². The molecule has 2 aromatic carbocycles. The van der Waals surface area contributed by atoms with E-state index in [4.69, 9.17) is 4.74 Å². The van der Waals surface area contributed by atoms with E-state index in [1.807, 2.05) is 55.5 Å². The van der Waals surface area contributed by atoms with E-state index in [-0.39, 0.29) is 5.91 Å². The molecule has 0 aliphatic carbocycles. The van der Waals surface area contributed by atoms with Crippen LogP contribution in [0.4, 0.5) is 5.69 Å². The van der Waals surface area contributed by atoms with E-state index >= 15 is 0 Å². The number of carbonyl (C=O) groups excluding carboxylic acids is 1. The zero-order valence-corrected chi connectivity index (χ0v) is 16.5. The van der Waals surface area contributed by atoms with E-state index in [2.05, 4.69) is 20.9 Å². The first-order valence-corrected chi connectivity index (χ1v) is 9.25. The van der Waals surface area contributed by atoms with Crippen LogP contribution in [-0.4, -0.2) is 30.1 Å². The van der Waals surface area contributed by atoms with Crippen LogP contribution in [0.5, 0.6) is 5.75 Å². The average molecular weight is 417 g/mol. The molecule has 128 valence electrons. The van der Waals surface area contributed by atoms with E-state index in [0.29, 0.717) is 10.1 Å². The van der Waals surface area contributed by atoms with Gasteiger partial charge < -0.3 is 4.74 Å². The van der Waals surface area contributed by atoms with Crippen molar-refractivity contribution >= 4 is 50.5 Å². The van der Waals surface area contributed by atoms with Gasteiger partial charge in [-0.3, -0.25) is 9.69 Å². The van der Waals surface area contributed by atoms with Crippen molar-refractivity contribution in [1.82, 2.24) is 4.90 Å². The minimum Gasteiger partial charge on any atom is -0.496 e. The zero-order valence-electron chi connectivity index (χ0n) is 14.1. The summed E-state index contributed by atoms with van der Waals surface area (Å²) in [5.41, 5.74) is 2.94. The molecule has 1 fully saturated rings. The molecule has 0 atom stereocenters. The number of rotatable bonds is 3. The predicted molar refractivity (Wildman–Crippen MR) is 107 cm³/mol. The number of hydrogen-bond donors (Lipinski definition) is 0. The summed E-state index contributed by atoms with van der Waals surface area (Å²) in [6.45, 7) is 2.03. The van der Waals surface area contributed by atoms with Gasteiger partial charge in [-0.2, -0.15) is 0 Å². The van der Waals surface area contributed by atoms with Crippen LogP contribution in [0.3, 0.4) is 0 Å². The van der Waals surface area contributed by atoms with Crippen molar-refractivity contribution < 1.29 is 9.53 Å². The third kappa shape index (κ3) is 3.96. The van der Waals surface area contributed by atoms with Gasteiger partial charge in [-0.25, -0.2) is 4.99 Å². The van der Waals surface area contributed by atoms with Gasteiger partial charge in [0.25, 0.3) is 5.91 Å². The second-order valence-electron chi connectivity index (χ2n) is 5.60. The molecule has 1 aliphatic rings. The first-order valence-electron chi connectivity index (χ1n) is 7.64. The molecule has 0 unspecified atom stereocenters. The largest absolute Gasteiger partial charge is 0.496 e. The second kappa shape index (κ2) is 7.45. The lowest BCUT2D eigenvalue weighted by Gasteiger charge is -2.07. The normalized spacial score (nSPS) is 17.6. The number of methoxy groups -OCH3 is 1. The number of thioether (sulfide) groups is 1. The highest BCUT2D eigenvalue weighted by Crippen LogP contribution is 2.34. The summed E-state index contributed by atoms with van der Waals surface area (Å²) in [5, 5.41) is 0.674. The van der Waals surface area contributed by atoms with Gasteiger partial charge in [0.1, 0.15) is 5.75 Å². The van der Waals surface area contributed by atoms with Crippen molar-refractivity contribution in [3.05, 3.63) is 63.0 Å². The average Bonchev–Trinajstić information content (AvgIpc) is 2.85. The maximum absolute atomic E-state index is 12.5. The molecule has 0 aromatic heterocycles. The third-order valence-corrected chi connectivity index (χ3v) is 5.42. The van der Waals surface area contributed by atoms with Crippen molar-refractivity contribution in [2.75, 3.05) is 14.2 Å². The summed E-state index contributed by atoms with van der Waals surface area (Å²) in [4.78, 5) is 19.3. The number of halogens is 1. The Hall–Kier alpha value is -2.05. The van der Waals surface area contributed by atoms with Crippen LogP contribution in [-0.2, 0) is 4.79 Å². The second-order valence-corrected chi connectivity index (χ2v) is 7.46. The van der Waals surface area contributed by atoms with Gasteiger partial charge in [-0.05, 0) is 70.5 Å². The predicted octanol–water partition coefficient (Wildman–Crippen LogP) is 5.00. The topological polar surface area (TPSA) is 41.9 Å². The van der Waals surface area contributed by atoms with Gasteiger partial charge in [0.15, 0.2) is 5.17 Å². The molecule has 1 saturated heterocycles. The number of aryl methyl sites for hydroxylation is 1. The fraction of sp³-hybridized carbons (Fsp3) is 0.158. The number of ether oxygens (including phenoxy) is 1. The molecule has 1 heterocycles. The number of aliphatic imine (C=N–C) groups is 1. The first kappa shape index (κ1) is 17.8. The lowest BCUT2D eigenvalue weighted by atomic mass is 10.2. The summed E-state index contributed by atoms with van der Waals surface area (Å²) in [6, 6.07) is 13.6. The fourth-order valence-electron chi connectivity index (χ4n) is 2.31. The lowest BCUT2D eigenvalue weighted by molar-refractivity contribution is -0.121. The van der Waals surface area contributed by atoms with Gasteiger partial charge in [-0.1, -0.05) is 23.8 Å². The highest BCUT2D eigenvalue weighted by atomic mass is 79.9. The minimum absolute atomic E-state index is 0.0530. The Balaban J connectivity index is 1.88. The summed E-state index contributed by atoms with van der Waals surface area (Å²) in [5.74, 6) is 0.703. The monoisotopic (exact) mass is 416 g/mol. The van der Waals surface area contributed by atoms with Gasteiger partial charge >= 0.3 is 0 Å². The van der Waals surface area contributed by atoms with Crippen molar-refractivity contribution in [2.45, 2.75) is 6.92 Å². The molecular weight excluding hydrogens is 400 g/mol. The Morgan fingerprint density at radius 3 is 2.56 bits per heavy atom. The summed E-state index contributed by atoms with van der Waals surface area (Å²) in [6.07, 6.45) is 1.87. The molecule has 0 bridgehead atoms. The Labute approximate surface area is 159 Å². The van der Waals surface area contributed by atoms with Crippen molar-refractivity contribution in [3.8, 4) is 5.75 Å². The van der Waals surface area contributed by atoms with Crippen LogP contribution in [0.25, 0.3) is 6.08 Å². The summed E-state index contributed by atoms with van der Waals surface area (Å²) >= 11 is 4.84. The van der Waals surface area contributed by atoms with Gasteiger partial charge in [0.05, 0.1) is 22.2 Å². The summed E-state index contributed by atoms with van der Waals surface area (Å²) in [7, 11) is 3.37. The van der Waals surface area contributed by atoms with E-state index in [0.717, 1.165) is 21.5 Å². The molecule has 2 aromatic rings. The molecule has 0 spiro atoms. The van der Waals surface area contributed by atoms with E-state index in [1.165, 1.54) is 17.3 Å². The van der Waals surface area contributed by atoms with Crippen LogP contribution in [0.15, 0.2) is 56.8 Å². The van der Waals surface area contributed by atoms with Crippen LogP contribution in [0.2, 0.25) is 0 Å². The molecule has 0 radical (unpaired) electrons. The van der Waals surface area contributed by atoms with Gasteiger partial charge in [-0.15, -0.1) is 0 Å². The smallest absolute Gasteiger partial charge is 0.266 e. The highest BCUT2D eigenvalue weighted by Gasteiger charge is 2.30. The van der Waals surface area contributed by atoms with Crippen LogP contribution in [0.1, 0.15) is 11.1 Å². The number of amides is 1. The molecular formula is C19H17BrN2O2S. The summed E-state index contributed by atoms with van der Waals surface area (Å²) < 4.78 is 6.08. The Bertz CT molecular complexity index is 875. The Kier molecular flexibility index (Phi) is 5.30. The lowest BCUT2D eigenvalue weighted by Crippen LogP contribution is -2.23.